The lowest BCUT2D eigenvalue weighted by molar-refractivity contribution is 0.0692. The van der Waals surface area contributed by atoms with Crippen LogP contribution in [0.15, 0.2) is 41.4 Å². The quantitative estimate of drug-likeness (QED) is 0.929. The number of nitrogens with zero attached hydrogens (tertiary/aromatic N) is 1. The minimum Gasteiger partial charge on any atom is -0.478 e. The zero-order valence-electron chi connectivity index (χ0n) is 10.8. The first kappa shape index (κ1) is 14.9. The first-order chi connectivity index (χ1) is 9.79. The van der Waals surface area contributed by atoms with Gasteiger partial charge in [0.15, 0.2) is 9.84 Å². The second-order valence-electron chi connectivity index (χ2n) is 4.13. The van der Waals surface area contributed by atoms with E-state index in [0.29, 0.717) is 0 Å². The van der Waals surface area contributed by atoms with Gasteiger partial charge in [0.2, 0.25) is 5.88 Å². The summed E-state index contributed by atoms with van der Waals surface area (Å²) < 4.78 is 41.9. The van der Waals surface area contributed by atoms with E-state index < -0.39 is 27.2 Å². The summed E-state index contributed by atoms with van der Waals surface area (Å²) in [7, 11) is -3.56. The number of sulfone groups is 1. The highest BCUT2D eigenvalue weighted by Gasteiger charge is 2.17. The van der Waals surface area contributed by atoms with Gasteiger partial charge in [-0.25, -0.2) is 22.6 Å². The number of ether oxygens (including phenoxy) is 1. The van der Waals surface area contributed by atoms with Crippen molar-refractivity contribution in [2.45, 2.75) is 4.90 Å². The van der Waals surface area contributed by atoms with Gasteiger partial charge in [-0.05, 0) is 24.3 Å². The van der Waals surface area contributed by atoms with Gasteiger partial charge in [-0.1, -0.05) is 0 Å². The molecule has 0 unspecified atom stereocenters. The number of benzene rings is 1. The highest BCUT2D eigenvalue weighted by Crippen LogP contribution is 2.27. The minimum absolute atomic E-state index is 0.0545. The van der Waals surface area contributed by atoms with Gasteiger partial charge < -0.3 is 9.84 Å². The third kappa shape index (κ3) is 3.34. The standard InChI is InChI=1S/C13H10FNO5S/c1-21(18,19)11-3-2-6-15-12(11)20-8-4-5-9(13(16)17)10(14)7-8/h2-7H,1H3,(H,16,17). The molecule has 0 aliphatic heterocycles. The Morgan fingerprint density at radius 2 is 2.05 bits per heavy atom. The molecule has 2 aromatic rings. The number of pyridine rings is 1. The van der Waals surface area contributed by atoms with Crippen molar-refractivity contribution in [3.8, 4) is 11.6 Å². The van der Waals surface area contributed by atoms with Crippen LogP contribution in [0.3, 0.4) is 0 Å². The summed E-state index contributed by atoms with van der Waals surface area (Å²) in [5, 5.41) is 8.72. The summed E-state index contributed by atoms with van der Waals surface area (Å²) in [4.78, 5) is 14.3. The molecule has 0 saturated heterocycles. The molecule has 0 radical (unpaired) electrons. The van der Waals surface area contributed by atoms with Crippen LogP contribution >= 0.6 is 0 Å². The van der Waals surface area contributed by atoms with Gasteiger partial charge in [-0.15, -0.1) is 0 Å². The Morgan fingerprint density at radius 3 is 2.62 bits per heavy atom. The number of carboxylic acid groups (broad SMARTS) is 1. The van der Waals surface area contributed by atoms with Crippen LogP contribution in [0.5, 0.6) is 11.6 Å². The van der Waals surface area contributed by atoms with Crippen LogP contribution in [0.25, 0.3) is 0 Å². The van der Waals surface area contributed by atoms with Gasteiger partial charge in [0, 0.05) is 18.5 Å². The SMILES string of the molecule is CS(=O)(=O)c1cccnc1Oc1ccc(C(=O)O)c(F)c1. The molecule has 0 spiro atoms. The van der Waals surface area contributed by atoms with Crippen molar-refractivity contribution in [1.82, 2.24) is 4.98 Å². The maximum absolute atomic E-state index is 13.5. The molecule has 2 rings (SSSR count). The first-order valence-electron chi connectivity index (χ1n) is 5.65. The summed E-state index contributed by atoms with van der Waals surface area (Å²) >= 11 is 0. The van der Waals surface area contributed by atoms with Gasteiger partial charge >= 0.3 is 5.97 Å². The molecule has 21 heavy (non-hydrogen) atoms. The van der Waals surface area contributed by atoms with Crippen LogP contribution < -0.4 is 4.74 Å². The van der Waals surface area contributed by atoms with Crippen molar-refractivity contribution in [2.24, 2.45) is 0 Å². The third-order valence-electron chi connectivity index (χ3n) is 2.52. The molecule has 8 heteroatoms. The minimum atomic E-state index is -3.56. The number of halogens is 1. The Labute approximate surface area is 119 Å². The summed E-state index contributed by atoms with van der Waals surface area (Å²) in [5.41, 5.74) is -0.508. The van der Waals surface area contributed by atoms with Gasteiger partial charge in [-0.2, -0.15) is 0 Å². The molecule has 1 heterocycles. The highest BCUT2D eigenvalue weighted by molar-refractivity contribution is 7.90. The normalized spacial score (nSPS) is 11.1. The molecule has 0 aliphatic carbocycles. The summed E-state index contributed by atoms with van der Waals surface area (Å²) in [6, 6.07) is 5.82. The molecule has 1 aromatic heterocycles. The van der Waals surface area contributed by atoms with Crippen molar-refractivity contribution >= 4 is 15.8 Å². The Hall–Kier alpha value is -2.48. The molecule has 0 amide bonds. The molecule has 0 fully saturated rings. The van der Waals surface area contributed by atoms with E-state index in [1.54, 1.807) is 0 Å². The van der Waals surface area contributed by atoms with Crippen LogP contribution in [0, 0.1) is 5.82 Å². The van der Waals surface area contributed by atoms with Crippen molar-refractivity contribution < 1.29 is 27.4 Å². The second-order valence-corrected chi connectivity index (χ2v) is 6.11. The van der Waals surface area contributed by atoms with E-state index in [4.69, 9.17) is 9.84 Å². The molecule has 0 saturated carbocycles. The van der Waals surface area contributed by atoms with Gasteiger partial charge in [-0.3, -0.25) is 0 Å². The zero-order chi connectivity index (χ0) is 15.6. The van der Waals surface area contributed by atoms with Crippen LogP contribution in [0.1, 0.15) is 10.4 Å². The van der Waals surface area contributed by atoms with E-state index in [9.17, 15) is 17.6 Å². The highest BCUT2D eigenvalue weighted by atomic mass is 32.2. The zero-order valence-corrected chi connectivity index (χ0v) is 11.6. The Bertz CT molecular complexity index is 804. The Balaban J connectivity index is 2.40. The fourth-order valence-electron chi connectivity index (χ4n) is 1.58. The fourth-order valence-corrected chi connectivity index (χ4v) is 2.32. The van der Waals surface area contributed by atoms with Crippen molar-refractivity contribution in [3.05, 3.63) is 47.9 Å². The summed E-state index contributed by atoms with van der Waals surface area (Å²) in [6.45, 7) is 0. The predicted molar refractivity (Wildman–Crippen MR) is 70.8 cm³/mol. The van der Waals surface area contributed by atoms with Crippen LogP contribution in [-0.2, 0) is 9.84 Å². The Kier molecular flexibility index (Phi) is 3.90. The van der Waals surface area contributed by atoms with Gasteiger partial charge in [0.1, 0.15) is 16.5 Å². The van der Waals surface area contributed by atoms with E-state index >= 15 is 0 Å². The largest absolute Gasteiger partial charge is 0.478 e. The Morgan fingerprint density at radius 1 is 1.33 bits per heavy atom. The number of carbonyl (C=O) groups is 1. The number of rotatable bonds is 4. The van der Waals surface area contributed by atoms with Gasteiger partial charge in [0.25, 0.3) is 0 Å². The van der Waals surface area contributed by atoms with E-state index in [2.05, 4.69) is 4.98 Å². The van der Waals surface area contributed by atoms with Crippen molar-refractivity contribution in [2.75, 3.05) is 6.26 Å². The maximum Gasteiger partial charge on any atom is 0.338 e. The predicted octanol–water partition coefficient (Wildman–Crippen LogP) is 2.11. The van der Waals surface area contributed by atoms with E-state index in [-0.39, 0.29) is 16.5 Å². The second kappa shape index (κ2) is 5.49. The van der Waals surface area contributed by atoms with Crippen molar-refractivity contribution in [1.29, 1.82) is 0 Å². The average Bonchev–Trinajstić information content (AvgIpc) is 2.37. The number of hydrogen-bond donors (Lipinski definition) is 1. The number of carboxylic acids is 1. The number of hydrogen-bond acceptors (Lipinski definition) is 5. The third-order valence-corrected chi connectivity index (χ3v) is 3.63. The molecule has 6 nitrogen and oxygen atoms in total. The topological polar surface area (TPSA) is 93.6 Å². The smallest absolute Gasteiger partial charge is 0.338 e. The molecule has 0 bridgehead atoms. The van der Waals surface area contributed by atoms with Crippen LogP contribution in [0.4, 0.5) is 4.39 Å². The van der Waals surface area contributed by atoms with Crippen molar-refractivity contribution in [3.63, 3.8) is 0 Å². The molecule has 0 aliphatic rings. The van der Waals surface area contributed by atoms with Gasteiger partial charge in [0.05, 0.1) is 5.56 Å². The fraction of sp³-hybridized carbons (Fsp3) is 0.0769. The molecular weight excluding hydrogens is 301 g/mol. The molecule has 1 N–H and O–H groups in total. The summed E-state index contributed by atoms with van der Waals surface area (Å²) in [6.07, 6.45) is 2.32. The van der Waals surface area contributed by atoms with E-state index in [1.165, 1.54) is 24.4 Å². The van der Waals surface area contributed by atoms with E-state index in [1.807, 2.05) is 0 Å². The summed E-state index contributed by atoms with van der Waals surface area (Å²) in [5.74, 6) is -2.66. The number of aromatic nitrogens is 1. The average molecular weight is 311 g/mol. The van der Waals surface area contributed by atoms with Crippen LogP contribution in [0.2, 0.25) is 0 Å². The van der Waals surface area contributed by atoms with Crippen LogP contribution in [-0.4, -0.2) is 30.7 Å². The molecular formula is C13H10FNO5S. The first-order valence-corrected chi connectivity index (χ1v) is 7.54. The monoisotopic (exact) mass is 311 g/mol. The lowest BCUT2D eigenvalue weighted by Crippen LogP contribution is -2.03. The molecule has 110 valence electrons. The van der Waals surface area contributed by atoms with E-state index in [0.717, 1.165) is 18.4 Å². The lowest BCUT2D eigenvalue weighted by Gasteiger charge is -2.09. The molecule has 1 aromatic carbocycles. The number of aromatic carboxylic acids is 1. The maximum atomic E-state index is 13.5. The molecule has 0 atom stereocenters. The lowest BCUT2D eigenvalue weighted by atomic mass is 10.2.